The molecule has 0 bridgehead atoms. The Morgan fingerprint density at radius 2 is 2.06 bits per heavy atom. The van der Waals surface area contributed by atoms with Crippen molar-refractivity contribution >= 4 is 5.97 Å². The molecule has 0 spiro atoms. The molecule has 0 radical (unpaired) electrons. The van der Waals surface area contributed by atoms with Crippen molar-refractivity contribution in [2.45, 2.75) is 0 Å². The number of nitriles is 1. The molecular weight excluding hydrogens is 218 g/mol. The first-order valence-corrected chi connectivity index (χ1v) is 4.86. The standard InChI is InChI=1S/C12H9N3O2/c13-8-15-7-3-6-11(15)9-4-1-2-5-10(9)12(16)17-14/h1-7H,14H2. The molecule has 5 heteroatoms. The summed E-state index contributed by atoms with van der Waals surface area (Å²) in [5.41, 5.74) is 1.55. The summed E-state index contributed by atoms with van der Waals surface area (Å²) >= 11 is 0. The highest BCUT2D eigenvalue weighted by atomic mass is 16.7. The van der Waals surface area contributed by atoms with Gasteiger partial charge >= 0.3 is 5.97 Å². The lowest BCUT2D eigenvalue weighted by Gasteiger charge is -2.06. The van der Waals surface area contributed by atoms with Crippen LogP contribution >= 0.6 is 0 Å². The Morgan fingerprint density at radius 3 is 2.76 bits per heavy atom. The molecule has 2 aromatic rings. The van der Waals surface area contributed by atoms with Crippen molar-refractivity contribution in [2.24, 2.45) is 5.90 Å². The van der Waals surface area contributed by atoms with E-state index in [0.29, 0.717) is 16.8 Å². The van der Waals surface area contributed by atoms with Crippen LogP contribution in [0.2, 0.25) is 0 Å². The number of rotatable bonds is 2. The maximum absolute atomic E-state index is 11.5. The van der Waals surface area contributed by atoms with E-state index < -0.39 is 5.97 Å². The van der Waals surface area contributed by atoms with E-state index in [1.165, 1.54) is 4.57 Å². The van der Waals surface area contributed by atoms with Gasteiger partial charge in [0.05, 0.1) is 11.3 Å². The summed E-state index contributed by atoms with van der Waals surface area (Å²) in [6.07, 6.45) is 3.60. The van der Waals surface area contributed by atoms with Gasteiger partial charge in [-0.15, -0.1) is 0 Å². The van der Waals surface area contributed by atoms with Crippen LogP contribution in [0.3, 0.4) is 0 Å². The molecule has 0 aliphatic rings. The SMILES string of the molecule is N#Cn1cccc1-c1ccccc1C(=O)ON. The van der Waals surface area contributed by atoms with E-state index in [0.717, 1.165) is 0 Å². The third-order valence-electron chi connectivity index (χ3n) is 2.39. The van der Waals surface area contributed by atoms with Gasteiger partial charge in [-0.2, -0.15) is 11.2 Å². The van der Waals surface area contributed by atoms with Gasteiger partial charge < -0.3 is 4.84 Å². The minimum absolute atomic E-state index is 0.324. The van der Waals surface area contributed by atoms with Crippen molar-refractivity contribution in [3.05, 3.63) is 48.2 Å². The van der Waals surface area contributed by atoms with Crippen LogP contribution < -0.4 is 5.90 Å². The Morgan fingerprint density at radius 1 is 1.29 bits per heavy atom. The van der Waals surface area contributed by atoms with Gasteiger partial charge in [-0.25, -0.2) is 4.79 Å². The molecule has 0 saturated heterocycles. The lowest BCUT2D eigenvalue weighted by Crippen LogP contribution is -2.11. The maximum atomic E-state index is 11.5. The van der Waals surface area contributed by atoms with Gasteiger partial charge in [0, 0.05) is 11.8 Å². The van der Waals surface area contributed by atoms with Gasteiger partial charge in [0.2, 0.25) is 0 Å². The van der Waals surface area contributed by atoms with Crippen molar-refractivity contribution in [3.63, 3.8) is 0 Å². The van der Waals surface area contributed by atoms with Gasteiger partial charge in [0.15, 0.2) is 6.19 Å². The van der Waals surface area contributed by atoms with Crippen LogP contribution in [-0.4, -0.2) is 10.5 Å². The van der Waals surface area contributed by atoms with Crippen LogP contribution in [0.5, 0.6) is 0 Å². The lowest BCUT2D eigenvalue weighted by atomic mass is 10.0. The molecule has 2 N–H and O–H groups in total. The molecule has 0 amide bonds. The first kappa shape index (κ1) is 10.9. The summed E-state index contributed by atoms with van der Waals surface area (Å²) in [5, 5.41) is 8.93. The number of nitrogens with two attached hydrogens (primary N) is 1. The van der Waals surface area contributed by atoms with Crippen molar-refractivity contribution in [3.8, 4) is 17.5 Å². The number of hydrogen-bond acceptors (Lipinski definition) is 4. The molecular formula is C12H9N3O2. The van der Waals surface area contributed by atoms with Gasteiger partial charge in [0.1, 0.15) is 0 Å². The summed E-state index contributed by atoms with van der Waals surface area (Å²) in [5.74, 6) is 4.24. The largest absolute Gasteiger partial charge is 0.370 e. The Balaban J connectivity index is 2.61. The third kappa shape index (κ3) is 1.89. The first-order valence-electron chi connectivity index (χ1n) is 4.86. The number of carbonyl (C=O) groups is 1. The number of aromatic nitrogens is 1. The summed E-state index contributed by atoms with van der Waals surface area (Å²) < 4.78 is 1.36. The van der Waals surface area contributed by atoms with Crippen LogP contribution in [0, 0.1) is 11.5 Å². The summed E-state index contributed by atoms with van der Waals surface area (Å²) in [4.78, 5) is 15.7. The molecule has 0 unspecified atom stereocenters. The van der Waals surface area contributed by atoms with E-state index in [4.69, 9.17) is 11.2 Å². The average molecular weight is 227 g/mol. The van der Waals surface area contributed by atoms with E-state index in [-0.39, 0.29) is 0 Å². The van der Waals surface area contributed by atoms with Gasteiger partial charge in [-0.3, -0.25) is 4.57 Å². The minimum Gasteiger partial charge on any atom is -0.370 e. The van der Waals surface area contributed by atoms with Crippen molar-refractivity contribution < 1.29 is 9.63 Å². The Labute approximate surface area is 97.6 Å². The molecule has 1 heterocycles. The quantitative estimate of drug-likeness (QED) is 0.788. The van der Waals surface area contributed by atoms with E-state index in [2.05, 4.69) is 4.84 Å². The fraction of sp³-hybridized carbons (Fsp3) is 0. The Hall–Kier alpha value is -2.58. The van der Waals surface area contributed by atoms with Gasteiger partial charge in [-0.05, 0) is 18.2 Å². The van der Waals surface area contributed by atoms with Crippen molar-refractivity contribution in [1.82, 2.24) is 4.57 Å². The number of benzene rings is 1. The second-order valence-corrected chi connectivity index (χ2v) is 3.31. The molecule has 2 rings (SSSR count). The number of nitrogens with zero attached hydrogens (tertiary/aromatic N) is 2. The number of carbonyl (C=O) groups excluding carboxylic acids is 1. The molecule has 1 aromatic carbocycles. The molecule has 5 nitrogen and oxygen atoms in total. The second kappa shape index (κ2) is 4.51. The van der Waals surface area contributed by atoms with Crippen LogP contribution in [0.4, 0.5) is 0 Å². The molecule has 0 aliphatic heterocycles. The smallest absolute Gasteiger partial charge is 0.357 e. The number of hydrogen-bond donors (Lipinski definition) is 1. The van der Waals surface area contributed by atoms with E-state index in [9.17, 15) is 4.79 Å². The highest BCUT2D eigenvalue weighted by Gasteiger charge is 2.15. The zero-order valence-corrected chi connectivity index (χ0v) is 8.83. The van der Waals surface area contributed by atoms with Gasteiger partial charge in [-0.1, -0.05) is 18.2 Å². The lowest BCUT2D eigenvalue weighted by molar-refractivity contribution is 0.0504. The highest BCUT2D eigenvalue weighted by Crippen LogP contribution is 2.24. The molecule has 17 heavy (non-hydrogen) atoms. The fourth-order valence-electron chi connectivity index (χ4n) is 1.64. The molecule has 1 aromatic heterocycles. The van der Waals surface area contributed by atoms with E-state index in [1.807, 2.05) is 6.19 Å². The average Bonchev–Trinajstić information content (AvgIpc) is 2.86. The topological polar surface area (TPSA) is 81.0 Å². The van der Waals surface area contributed by atoms with E-state index in [1.54, 1.807) is 42.6 Å². The molecule has 0 atom stereocenters. The minimum atomic E-state index is -0.633. The van der Waals surface area contributed by atoms with Crippen LogP contribution in [0.1, 0.15) is 10.4 Å². The van der Waals surface area contributed by atoms with Crippen LogP contribution in [0.25, 0.3) is 11.3 Å². The van der Waals surface area contributed by atoms with Gasteiger partial charge in [0.25, 0.3) is 0 Å². The predicted molar refractivity (Wildman–Crippen MR) is 60.5 cm³/mol. The summed E-state index contributed by atoms with van der Waals surface area (Å²) in [6.45, 7) is 0. The zero-order valence-electron chi connectivity index (χ0n) is 8.83. The second-order valence-electron chi connectivity index (χ2n) is 3.31. The molecule has 0 fully saturated rings. The first-order chi connectivity index (χ1) is 8.27. The third-order valence-corrected chi connectivity index (χ3v) is 2.39. The molecule has 0 saturated carbocycles. The summed E-state index contributed by atoms with van der Waals surface area (Å²) in [7, 11) is 0. The predicted octanol–water partition coefficient (Wildman–Crippen LogP) is 1.51. The summed E-state index contributed by atoms with van der Waals surface area (Å²) in [6, 6.07) is 10.3. The van der Waals surface area contributed by atoms with Crippen LogP contribution in [-0.2, 0) is 4.84 Å². The van der Waals surface area contributed by atoms with Crippen molar-refractivity contribution in [2.75, 3.05) is 0 Å². The van der Waals surface area contributed by atoms with Crippen molar-refractivity contribution in [1.29, 1.82) is 5.26 Å². The fourth-order valence-corrected chi connectivity index (χ4v) is 1.64. The normalized spacial score (nSPS) is 9.65. The monoisotopic (exact) mass is 227 g/mol. The maximum Gasteiger partial charge on any atom is 0.357 e. The molecule has 0 aliphatic carbocycles. The Bertz CT molecular complexity index is 596. The van der Waals surface area contributed by atoms with Crippen LogP contribution in [0.15, 0.2) is 42.6 Å². The zero-order chi connectivity index (χ0) is 12.3. The molecule has 84 valence electrons. The van der Waals surface area contributed by atoms with E-state index >= 15 is 0 Å². The Kier molecular flexibility index (Phi) is 2.90. The highest BCUT2D eigenvalue weighted by molar-refractivity contribution is 5.96.